The molecule has 1 N–H and O–H groups in total. The molecule has 0 bridgehead atoms. The lowest BCUT2D eigenvalue weighted by molar-refractivity contribution is -0.116. The number of amides is 1. The quantitative estimate of drug-likeness (QED) is 0.630. The van der Waals surface area contributed by atoms with Gasteiger partial charge in [-0.2, -0.15) is 5.10 Å². The van der Waals surface area contributed by atoms with Gasteiger partial charge in [0.2, 0.25) is 5.91 Å². The molecule has 0 aliphatic carbocycles. The first kappa shape index (κ1) is 17.6. The van der Waals surface area contributed by atoms with E-state index in [0.717, 1.165) is 4.47 Å². The van der Waals surface area contributed by atoms with E-state index in [9.17, 15) is 14.0 Å². The number of halogens is 2. The lowest BCUT2D eigenvalue weighted by atomic mass is 9.85. The van der Waals surface area contributed by atoms with Crippen molar-refractivity contribution in [2.45, 2.75) is 19.3 Å². The van der Waals surface area contributed by atoms with Crippen LogP contribution in [0.2, 0.25) is 0 Å². The van der Waals surface area contributed by atoms with Crippen LogP contribution < -0.4 is 5.32 Å². The average Bonchev–Trinajstić information content (AvgIpc) is 2.97. The zero-order valence-corrected chi connectivity index (χ0v) is 16.0. The number of hydrogen-bond donors (Lipinski definition) is 1. The number of aryl methyl sites for hydroxylation is 1. The molecule has 0 radical (unpaired) electrons. The Kier molecular flexibility index (Phi) is 4.39. The predicted molar refractivity (Wildman–Crippen MR) is 103 cm³/mol. The summed E-state index contributed by atoms with van der Waals surface area (Å²) in [6.45, 7) is 1.79. The number of nitrogens with zero attached hydrogens (tertiary/aromatic N) is 2. The Balaban J connectivity index is 1.82. The number of hydrogen-bond acceptors (Lipinski definition) is 3. The van der Waals surface area contributed by atoms with Crippen molar-refractivity contribution in [3.05, 3.63) is 75.6 Å². The monoisotopic (exact) mass is 427 g/mol. The molecule has 0 saturated heterocycles. The molecule has 1 aromatic heterocycles. The number of benzene rings is 2. The second kappa shape index (κ2) is 6.74. The highest BCUT2D eigenvalue weighted by Gasteiger charge is 2.36. The van der Waals surface area contributed by atoms with Crippen LogP contribution in [0.5, 0.6) is 0 Å². The van der Waals surface area contributed by atoms with E-state index in [0.29, 0.717) is 28.3 Å². The van der Waals surface area contributed by atoms with E-state index < -0.39 is 11.7 Å². The summed E-state index contributed by atoms with van der Waals surface area (Å²) < 4.78 is 16.0. The number of ketones is 1. The van der Waals surface area contributed by atoms with Gasteiger partial charge in [0.15, 0.2) is 5.78 Å². The first-order valence-electron chi connectivity index (χ1n) is 8.39. The van der Waals surface area contributed by atoms with Crippen molar-refractivity contribution < 1.29 is 14.0 Å². The summed E-state index contributed by atoms with van der Waals surface area (Å²) in [7, 11) is 0. The molecule has 2 heterocycles. The van der Waals surface area contributed by atoms with Crippen molar-refractivity contribution in [2.75, 3.05) is 5.32 Å². The summed E-state index contributed by atoms with van der Waals surface area (Å²) in [5.74, 6) is -1.02. The predicted octanol–water partition coefficient (Wildman–Crippen LogP) is 4.39. The summed E-state index contributed by atoms with van der Waals surface area (Å²) >= 11 is 3.35. The largest absolute Gasteiger partial charge is 0.310 e. The van der Waals surface area contributed by atoms with Crippen molar-refractivity contribution >= 4 is 33.4 Å². The van der Waals surface area contributed by atoms with Gasteiger partial charge in [0.1, 0.15) is 11.6 Å². The minimum Gasteiger partial charge on any atom is -0.310 e. The number of anilines is 1. The Labute approximate surface area is 163 Å². The molecule has 0 saturated carbocycles. The van der Waals surface area contributed by atoms with E-state index in [-0.39, 0.29) is 18.1 Å². The van der Waals surface area contributed by atoms with Gasteiger partial charge in [0.05, 0.1) is 17.3 Å². The van der Waals surface area contributed by atoms with E-state index in [2.05, 4.69) is 26.3 Å². The minimum atomic E-state index is -0.628. The van der Waals surface area contributed by atoms with E-state index in [4.69, 9.17) is 0 Å². The highest BCUT2D eigenvalue weighted by molar-refractivity contribution is 9.10. The number of carbonyl (C=O) groups excluding carboxylic acids is 2. The third-order valence-electron chi connectivity index (χ3n) is 4.60. The lowest BCUT2D eigenvalue weighted by Crippen LogP contribution is -2.28. The molecular formula is C20H15BrFN3O2. The number of rotatable bonds is 3. The first-order chi connectivity index (χ1) is 12.9. The van der Waals surface area contributed by atoms with Crippen LogP contribution in [-0.2, 0) is 4.79 Å². The van der Waals surface area contributed by atoms with Crippen LogP contribution in [0.15, 0.2) is 53.0 Å². The highest BCUT2D eigenvalue weighted by atomic mass is 79.9. The summed E-state index contributed by atoms with van der Waals surface area (Å²) in [6, 6.07) is 13.0. The van der Waals surface area contributed by atoms with Crippen LogP contribution in [-0.4, -0.2) is 21.5 Å². The van der Waals surface area contributed by atoms with Crippen molar-refractivity contribution in [1.29, 1.82) is 0 Å². The second-order valence-electron chi connectivity index (χ2n) is 6.42. The summed E-state index contributed by atoms with van der Waals surface area (Å²) in [6.07, 6.45) is 0.0532. The zero-order valence-electron chi connectivity index (χ0n) is 14.4. The second-order valence-corrected chi connectivity index (χ2v) is 7.33. The number of aromatic nitrogens is 2. The van der Waals surface area contributed by atoms with E-state index in [1.54, 1.807) is 43.3 Å². The van der Waals surface area contributed by atoms with Gasteiger partial charge in [0, 0.05) is 22.0 Å². The SMILES string of the molecule is Cc1nn(-c2cccc(F)c2)c2c1C(C(=O)c1ccc(Br)cc1)CC(=O)N2. The third kappa shape index (κ3) is 3.19. The van der Waals surface area contributed by atoms with Crippen LogP contribution in [0.1, 0.15) is 34.0 Å². The summed E-state index contributed by atoms with van der Waals surface area (Å²) in [5, 5.41) is 7.25. The average molecular weight is 428 g/mol. The maximum absolute atomic E-state index is 13.6. The van der Waals surface area contributed by atoms with Gasteiger partial charge in [-0.3, -0.25) is 9.59 Å². The third-order valence-corrected chi connectivity index (χ3v) is 5.13. The van der Waals surface area contributed by atoms with Crippen molar-refractivity contribution in [3.8, 4) is 5.69 Å². The maximum atomic E-state index is 13.6. The smallest absolute Gasteiger partial charge is 0.226 e. The van der Waals surface area contributed by atoms with Crippen molar-refractivity contribution in [2.24, 2.45) is 0 Å². The highest BCUT2D eigenvalue weighted by Crippen LogP contribution is 2.38. The number of fused-ring (bicyclic) bond motifs is 1. The van der Waals surface area contributed by atoms with Gasteiger partial charge in [-0.05, 0) is 37.3 Å². The fraction of sp³-hybridized carbons (Fsp3) is 0.150. The van der Waals surface area contributed by atoms with Crippen LogP contribution in [0.4, 0.5) is 10.2 Å². The van der Waals surface area contributed by atoms with Gasteiger partial charge in [-0.25, -0.2) is 9.07 Å². The van der Waals surface area contributed by atoms with E-state index >= 15 is 0 Å². The standard InChI is InChI=1S/C20H15BrFN3O2/c1-11-18-16(19(27)12-5-7-13(21)8-6-12)10-17(26)23-20(18)25(24-11)15-4-2-3-14(22)9-15/h2-9,16H,10H2,1H3,(H,23,26). The molecule has 1 amide bonds. The number of carbonyl (C=O) groups is 2. The van der Waals surface area contributed by atoms with Crippen molar-refractivity contribution in [3.63, 3.8) is 0 Å². The molecular weight excluding hydrogens is 413 g/mol. The van der Waals surface area contributed by atoms with Crippen LogP contribution in [0, 0.1) is 12.7 Å². The van der Waals surface area contributed by atoms with E-state index in [1.807, 2.05) is 0 Å². The zero-order chi connectivity index (χ0) is 19.1. The Bertz CT molecular complexity index is 1060. The van der Waals surface area contributed by atoms with Gasteiger partial charge in [-0.1, -0.05) is 34.1 Å². The first-order valence-corrected chi connectivity index (χ1v) is 9.18. The van der Waals surface area contributed by atoms with Gasteiger partial charge in [0.25, 0.3) is 0 Å². The maximum Gasteiger partial charge on any atom is 0.226 e. The molecule has 1 aliphatic rings. The number of nitrogens with one attached hydrogen (secondary N) is 1. The van der Waals surface area contributed by atoms with Crippen LogP contribution in [0.25, 0.3) is 5.69 Å². The Morgan fingerprint density at radius 3 is 2.70 bits per heavy atom. The summed E-state index contributed by atoms with van der Waals surface area (Å²) in [4.78, 5) is 25.4. The minimum absolute atomic E-state index is 0.0532. The molecule has 7 heteroatoms. The Morgan fingerprint density at radius 2 is 2.00 bits per heavy atom. The fourth-order valence-corrected chi connectivity index (χ4v) is 3.65. The molecule has 5 nitrogen and oxygen atoms in total. The summed E-state index contributed by atoms with van der Waals surface area (Å²) in [5.41, 5.74) is 2.31. The molecule has 0 spiro atoms. The molecule has 3 aromatic rings. The van der Waals surface area contributed by atoms with Crippen LogP contribution >= 0.6 is 15.9 Å². The number of Topliss-reactive ketones (excluding diaryl/α,β-unsaturated/α-hetero) is 1. The molecule has 27 heavy (non-hydrogen) atoms. The molecule has 2 aromatic carbocycles. The molecule has 4 rings (SSSR count). The van der Waals surface area contributed by atoms with E-state index in [1.165, 1.54) is 16.8 Å². The lowest BCUT2D eigenvalue weighted by Gasteiger charge is -2.23. The van der Waals surface area contributed by atoms with Gasteiger partial charge in [-0.15, -0.1) is 0 Å². The van der Waals surface area contributed by atoms with Crippen LogP contribution in [0.3, 0.4) is 0 Å². The van der Waals surface area contributed by atoms with Crippen molar-refractivity contribution in [1.82, 2.24) is 9.78 Å². The Morgan fingerprint density at radius 1 is 1.26 bits per heavy atom. The normalized spacial score (nSPS) is 16.0. The molecule has 1 unspecified atom stereocenters. The molecule has 0 fully saturated rings. The molecule has 1 atom stereocenters. The molecule has 136 valence electrons. The fourth-order valence-electron chi connectivity index (χ4n) is 3.38. The van der Waals surface area contributed by atoms with Gasteiger partial charge >= 0.3 is 0 Å². The Hall–Kier alpha value is -2.80. The van der Waals surface area contributed by atoms with Gasteiger partial charge < -0.3 is 5.32 Å². The molecule has 1 aliphatic heterocycles. The topological polar surface area (TPSA) is 64.0 Å².